The summed E-state index contributed by atoms with van der Waals surface area (Å²) in [6, 6.07) is 4.19. The predicted molar refractivity (Wildman–Crippen MR) is 88.5 cm³/mol. The van der Waals surface area contributed by atoms with Gasteiger partial charge in [-0.25, -0.2) is 0 Å². The second-order valence-corrected chi connectivity index (χ2v) is 8.52. The maximum atomic E-state index is 10.7. The summed E-state index contributed by atoms with van der Waals surface area (Å²) < 4.78 is 6.48. The van der Waals surface area contributed by atoms with Gasteiger partial charge in [0.1, 0.15) is 17.1 Å². The molecule has 1 N–H and O–H groups in total. The summed E-state index contributed by atoms with van der Waals surface area (Å²) in [4.78, 5) is 0. The van der Waals surface area contributed by atoms with E-state index in [0.717, 1.165) is 36.5 Å². The summed E-state index contributed by atoms with van der Waals surface area (Å²) >= 11 is 0. The minimum absolute atomic E-state index is 0.0202. The van der Waals surface area contributed by atoms with E-state index in [-0.39, 0.29) is 11.0 Å². The topological polar surface area (TPSA) is 29.5 Å². The van der Waals surface area contributed by atoms with Gasteiger partial charge in [-0.15, -0.1) is 0 Å². The third-order valence-corrected chi connectivity index (χ3v) is 6.86. The number of phenols is 1. The van der Waals surface area contributed by atoms with E-state index < -0.39 is 0 Å². The first-order chi connectivity index (χ1) is 10.4. The minimum Gasteiger partial charge on any atom is -0.508 e. The van der Waals surface area contributed by atoms with Gasteiger partial charge in [0.05, 0.1) is 0 Å². The van der Waals surface area contributed by atoms with E-state index in [4.69, 9.17) is 4.74 Å². The summed E-state index contributed by atoms with van der Waals surface area (Å²) in [5, 5.41) is 10.7. The van der Waals surface area contributed by atoms with Crippen LogP contribution in [0.3, 0.4) is 0 Å². The Morgan fingerprint density at radius 3 is 2.77 bits per heavy atom. The minimum atomic E-state index is -0.0202. The van der Waals surface area contributed by atoms with Crippen molar-refractivity contribution in [1.29, 1.82) is 0 Å². The van der Waals surface area contributed by atoms with Crippen molar-refractivity contribution in [2.24, 2.45) is 17.3 Å². The van der Waals surface area contributed by atoms with Crippen LogP contribution in [0, 0.1) is 17.3 Å². The van der Waals surface area contributed by atoms with Crippen LogP contribution in [0.2, 0.25) is 0 Å². The summed E-state index contributed by atoms with van der Waals surface area (Å²) in [5.74, 6) is 3.21. The lowest BCUT2D eigenvalue weighted by Gasteiger charge is -2.62. The molecule has 120 valence electrons. The van der Waals surface area contributed by atoms with Gasteiger partial charge in [0, 0.05) is 17.4 Å². The monoisotopic (exact) mass is 300 g/mol. The predicted octanol–water partition coefficient (Wildman–Crippen LogP) is 5.04. The molecule has 2 saturated carbocycles. The molecule has 0 amide bonds. The van der Waals surface area contributed by atoms with E-state index in [2.05, 4.69) is 33.8 Å². The number of rotatable bonds is 3. The van der Waals surface area contributed by atoms with Gasteiger partial charge in [-0.05, 0) is 61.6 Å². The Morgan fingerprint density at radius 2 is 2.05 bits per heavy atom. The molecular weight excluding hydrogens is 272 g/mol. The first-order valence-corrected chi connectivity index (χ1v) is 8.93. The number of unbranched alkanes of at least 4 members (excludes halogenated alkanes) is 1. The number of hydrogen-bond acceptors (Lipinski definition) is 2. The first-order valence-electron chi connectivity index (χ1n) is 8.93. The van der Waals surface area contributed by atoms with Crippen LogP contribution in [0.25, 0.3) is 0 Å². The summed E-state index contributed by atoms with van der Waals surface area (Å²) in [5.41, 5.74) is 2.56. The van der Waals surface area contributed by atoms with Crippen molar-refractivity contribution >= 4 is 0 Å². The summed E-state index contributed by atoms with van der Waals surface area (Å²) in [6.07, 6.45) is 5.78. The fourth-order valence-corrected chi connectivity index (χ4v) is 5.72. The molecule has 1 aromatic rings. The van der Waals surface area contributed by atoms with Gasteiger partial charge in [-0.1, -0.05) is 27.2 Å². The van der Waals surface area contributed by atoms with Crippen LogP contribution in [0.4, 0.5) is 0 Å². The summed E-state index contributed by atoms with van der Waals surface area (Å²) in [6.45, 7) is 9.25. The lowest BCUT2D eigenvalue weighted by atomic mass is 9.45. The molecule has 2 heteroatoms. The van der Waals surface area contributed by atoms with Crippen molar-refractivity contribution in [3.8, 4) is 11.5 Å². The van der Waals surface area contributed by atoms with Crippen molar-refractivity contribution in [3.05, 3.63) is 23.3 Å². The smallest absolute Gasteiger partial charge is 0.127 e. The fourth-order valence-electron chi connectivity index (χ4n) is 5.72. The normalized spacial score (nSPS) is 37.0. The lowest BCUT2D eigenvalue weighted by molar-refractivity contribution is -0.121. The number of benzene rings is 1. The van der Waals surface area contributed by atoms with E-state index in [1.54, 1.807) is 0 Å². The number of ether oxygens (including phenoxy) is 1. The third kappa shape index (κ3) is 1.67. The molecule has 4 rings (SSSR count). The van der Waals surface area contributed by atoms with E-state index in [1.807, 2.05) is 6.07 Å². The highest BCUT2D eigenvalue weighted by molar-refractivity contribution is 5.55. The molecule has 1 aromatic carbocycles. The second kappa shape index (κ2) is 4.43. The molecule has 22 heavy (non-hydrogen) atoms. The summed E-state index contributed by atoms with van der Waals surface area (Å²) in [7, 11) is 0. The molecule has 3 aliphatic rings. The first kappa shape index (κ1) is 14.4. The Kier molecular flexibility index (Phi) is 2.90. The van der Waals surface area contributed by atoms with Gasteiger partial charge >= 0.3 is 0 Å². The van der Waals surface area contributed by atoms with Crippen LogP contribution in [-0.4, -0.2) is 10.7 Å². The van der Waals surface area contributed by atoms with Crippen molar-refractivity contribution in [1.82, 2.24) is 0 Å². The van der Waals surface area contributed by atoms with Crippen LogP contribution >= 0.6 is 0 Å². The van der Waals surface area contributed by atoms with Gasteiger partial charge in [-0.2, -0.15) is 0 Å². The maximum absolute atomic E-state index is 10.7. The molecule has 2 fully saturated rings. The average molecular weight is 300 g/mol. The average Bonchev–Trinajstić information content (AvgIpc) is 2.78. The van der Waals surface area contributed by atoms with Gasteiger partial charge < -0.3 is 9.84 Å². The van der Waals surface area contributed by atoms with Crippen LogP contribution in [-0.2, 0) is 6.42 Å². The lowest BCUT2D eigenvalue weighted by Crippen LogP contribution is -2.59. The SMILES string of the molecule is CCCCc1cc(O)c2c(c1)O[C@]1(C)CCC3[C@@H]1[C@@H]2C3(C)C. The van der Waals surface area contributed by atoms with Crippen LogP contribution in [0.5, 0.6) is 11.5 Å². The van der Waals surface area contributed by atoms with Gasteiger partial charge in [0.15, 0.2) is 0 Å². The van der Waals surface area contributed by atoms with Crippen LogP contribution in [0.1, 0.15) is 70.4 Å². The largest absolute Gasteiger partial charge is 0.508 e. The molecule has 0 saturated heterocycles. The zero-order valence-corrected chi connectivity index (χ0v) is 14.3. The standard InChI is InChI=1S/C20H28O2/c1-5-6-7-12-10-14(21)16-15(11-12)22-20(4)9-8-13-17(20)18(16)19(13,2)3/h10-11,13,17-18,21H,5-9H2,1-4H3/t13?,17-,18-,20-/m1/s1. The number of aromatic hydroxyl groups is 1. The van der Waals surface area contributed by atoms with Gasteiger partial charge in [0.2, 0.25) is 0 Å². The number of hydrogen-bond donors (Lipinski definition) is 1. The zero-order chi connectivity index (χ0) is 15.7. The van der Waals surface area contributed by atoms with Crippen molar-refractivity contribution in [3.63, 3.8) is 0 Å². The molecule has 2 nitrogen and oxygen atoms in total. The van der Waals surface area contributed by atoms with E-state index in [9.17, 15) is 5.11 Å². The van der Waals surface area contributed by atoms with E-state index >= 15 is 0 Å². The Hall–Kier alpha value is -1.18. The highest BCUT2D eigenvalue weighted by Gasteiger charge is 2.69. The van der Waals surface area contributed by atoms with E-state index in [0.29, 0.717) is 17.6 Å². The zero-order valence-electron chi connectivity index (χ0n) is 14.3. The molecule has 4 atom stereocenters. The van der Waals surface area contributed by atoms with Crippen LogP contribution < -0.4 is 4.74 Å². The molecule has 1 unspecified atom stereocenters. The third-order valence-electron chi connectivity index (χ3n) is 6.86. The number of aryl methyl sites for hydroxylation is 1. The Balaban J connectivity index is 1.80. The maximum Gasteiger partial charge on any atom is 0.127 e. The quantitative estimate of drug-likeness (QED) is 0.847. The molecule has 0 radical (unpaired) electrons. The second-order valence-electron chi connectivity index (χ2n) is 8.52. The van der Waals surface area contributed by atoms with Crippen molar-refractivity contribution in [2.45, 2.75) is 71.3 Å². The highest BCUT2D eigenvalue weighted by atomic mass is 16.5. The Morgan fingerprint density at radius 1 is 1.27 bits per heavy atom. The fraction of sp³-hybridized carbons (Fsp3) is 0.700. The Bertz CT molecular complexity index is 618. The Labute approximate surface area is 133 Å². The number of phenolic OH excluding ortho intramolecular Hbond substituents is 1. The molecule has 1 aliphatic heterocycles. The van der Waals surface area contributed by atoms with Gasteiger partial charge in [0.25, 0.3) is 0 Å². The number of fused-ring (bicyclic) bond motifs is 2. The molecule has 2 aliphatic carbocycles. The van der Waals surface area contributed by atoms with Crippen molar-refractivity contribution in [2.75, 3.05) is 0 Å². The van der Waals surface area contributed by atoms with Crippen molar-refractivity contribution < 1.29 is 9.84 Å². The molecule has 0 aromatic heterocycles. The molecule has 0 bridgehead atoms. The highest BCUT2D eigenvalue weighted by Crippen LogP contribution is 2.74. The van der Waals surface area contributed by atoms with Crippen LogP contribution in [0.15, 0.2) is 12.1 Å². The molecule has 1 heterocycles. The molecular formula is C20H28O2. The molecule has 0 spiro atoms. The van der Waals surface area contributed by atoms with Gasteiger partial charge in [-0.3, -0.25) is 0 Å². The van der Waals surface area contributed by atoms with E-state index in [1.165, 1.54) is 18.4 Å².